The zero-order valence-electron chi connectivity index (χ0n) is 8.91. The average molecular weight is 268 g/mol. The van der Waals surface area contributed by atoms with Crippen molar-refractivity contribution in [2.24, 2.45) is 0 Å². The number of thioether (sulfide) groups is 1. The van der Waals surface area contributed by atoms with Crippen LogP contribution in [0.5, 0.6) is 0 Å². The molecule has 1 aromatic heterocycles. The van der Waals surface area contributed by atoms with Crippen LogP contribution >= 0.6 is 11.8 Å². The molecule has 0 unspecified atom stereocenters. The van der Waals surface area contributed by atoms with E-state index in [1.165, 1.54) is 7.05 Å². The Morgan fingerprint density at radius 1 is 1.53 bits per heavy atom. The number of hydrogen-bond donors (Lipinski definition) is 1. The van der Waals surface area contributed by atoms with Crippen molar-refractivity contribution in [3.05, 3.63) is 17.2 Å². The van der Waals surface area contributed by atoms with Crippen molar-refractivity contribution < 1.29 is 22.9 Å². The first kappa shape index (κ1) is 13.6. The predicted molar refractivity (Wildman–Crippen MR) is 56.0 cm³/mol. The summed E-state index contributed by atoms with van der Waals surface area (Å²) in [6.45, 7) is 0. The van der Waals surface area contributed by atoms with Crippen LogP contribution in [0.4, 0.5) is 24.5 Å². The second-order valence-corrected chi connectivity index (χ2v) is 3.86. The Morgan fingerprint density at radius 2 is 2.18 bits per heavy atom. The Morgan fingerprint density at radius 3 is 2.65 bits per heavy atom. The summed E-state index contributed by atoms with van der Waals surface area (Å²) in [6, 6.07) is 1.00. The molecule has 0 atom stereocenters. The Balaban J connectivity index is 3.09. The van der Waals surface area contributed by atoms with E-state index in [0.717, 1.165) is 19.4 Å². The highest BCUT2D eigenvalue weighted by Gasteiger charge is 2.32. The number of nitrogens with zero attached hydrogens (tertiary/aromatic N) is 2. The number of halogens is 3. The summed E-state index contributed by atoms with van der Waals surface area (Å²) < 4.78 is 36.4. The van der Waals surface area contributed by atoms with Gasteiger partial charge >= 0.3 is 11.2 Å². The van der Waals surface area contributed by atoms with Crippen molar-refractivity contribution in [3.63, 3.8) is 0 Å². The van der Waals surface area contributed by atoms with Crippen molar-refractivity contribution in [2.75, 3.05) is 19.5 Å². The molecular formula is C8H9F3N3O2S+. The summed E-state index contributed by atoms with van der Waals surface area (Å²) in [4.78, 5) is 19.3. The van der Waals surface area contributed by atoms with Gasteiger partial charge in [-0.3, -0.25) is 0 Å². The third-order valence-electron chi connectivity index (χ3n) is 1.71. The molecule has 0 amide bonds. The minimum atomic E-state index is -4.45. The fourth-order valence-corrected chi connectivity index (χ4v) is 1.56. The molecule has 1 rings (SSSR count). The average Bonchev–Trinajstić information content (AvgIpc) is 2.25. The van der Waals surface area contributed by atoms with E-state index in [2.05, 4.69) is 15.1 Å². The lowest BCUT2D eigenvalue weighted by molar-refractivity contribution is -0.736. The molecule has 0 aliphatic rings. The van der Waals surface area contributed by atoms with E-state index in [0.29, 0.717) is 0 Å². The first-order valence-electron chi connectivity index (χ1n) is 4.32. The fourth-order valence-electron chi connectivity index (χ4n) is 1.04. The molecule has 1 N–H and O–H groups in total. The molecule has 94 valence electrons. The Kier molecular flexibility index (Phi) is 4.16. The van der Waals surface area contributed by atoms with Gasteiger partial charge in [-0.1, -0.05) is 0 Å². The Hall–Kier alpha value is -1.51. The molecule has 0 saturated heterocycles. The molecule has 0 fully saturated rings. The number of pyridine rings is 1. The number of hydrogen-bond acceptors (Lipinski definition) is 5. The first-order valence-corrected chi connectivity index (χ1v) is 5.14. The van der Waals surface area contributed by atoms with E-state index in [-0.39, 0.29) is 21.3 Å². The van der Waals surface area contributed by atoms with Gasteiger partial charge in [-0.05, 0) is 0 Å². The van der Waals surface area contributed by atoms with Gasteiger partial charge in [0.1, 0.15) is 10.7 Å². The normalized spacial score (nSPS) is 11.1. The smallest absolute Gasteiger partial charge is 0.381 e. The molecule has 5 nitrogen and oxygen atoms in total. The molecule has 0 aliphatic carbocycles. The van der Waals surface area contributed by atoms with Gasteiger partial charge in [0.2, 0.25) is 0 Å². The SMILES string of the molecule is CNc1cnc(SC(F)(F)F)cc1[N+](=O)OC. The van der Waals surface area contributed by atoms with E-state index in [1.807, 2.05) is 0 Å². The van der Waals surface area contributed by atoms with Crippen LogP contribution in [0.15, 0.2) is 17.3 Å². The summed E-state index contributed by atoms with van der Waals surface area (Å²) >= 11 is -0.398. The van der Waals surface area contributed by atoms with Crippen molar-refractivity contribution in [2.45, 2.75) is 10.5 Å². The number of aromatic nitrogens is 1. The van der Waals surface area contributed by atoms with Gasteiger partial charge in [-0.25, -0.2) is 9.82 Å². The summed E-state index contributed by atoms with van der Waals surface area (Å²) in [5, 5.41) is 2.30. The third-order valence-corrected chi connectivity index (χ3v) is 2.37. The summed E-state index contributed by atoms with van der Waals surface area (Å²) in [5.74, 6) is 0. The van der Waals surface area contributed by atoms with Gasteiger partial charge in [0.15, 0.2) is 7.11 Å². The number of alkyl halides is 3. The maximum absolute atomic E-state index is 12.1. The summed E-state index contributed by atoms with van der Waals surface area (Å²) in [7, 11) is 2.63. The molecule has 17 heavy (non-hydrogen) atoms. The molecule has 0 aromatic carbocycles. The quantitative estimate of drug-likeness (QED) is 0.672. The zero-order valence-corrected chi connectivity index (χ0v) is 9.72. The van der Waals surface area contributed by atoms with Crippen LogP contribution in [0.2, 0.25) is 0 Å². The zero-order chi connectivity index (χ0) is 13.1. The molecule has 0 spiro atoms. The van der Waals surface area contributed by atoms with Gasteiger partial charge in [0.25, 0.3) is 4.92 Å². The lowest BCUT2D eigenvalue weighted by Crippen LogP contribution is -2.05. The van der Waals surface area contributed by atoms with E-state index in [9.17, 15) is 18.1 Å². The van der Waals surface area contributed by atoms with Gasteiger partial charge in [0.05, 0.1) is 17.2 Å². The molecule has 1 heterocycles. The highest BCUT2D eigenvalue weighted by molar-refractivity contribution is 8.00. The Bertz CT molecular complexity index is 425. The van der Waals surface area contributed by atoms with Gasteiger partial charge in [-0.15, -0.1) is 0 Å². The van der Waals surface area contributed by atoms with Gasteiger partial charge < -0.3 is 5.32 Å². The van der Waals surface area contributed by atoms with Crippen LogP contribution in [0, 0.1) is 4.91 Å². The molecule has 0 radical (unpaired) electrons. The van der Waals surface area contributed by atoms with Crippen LogP contribution in [-0.4, -0.2) is 29.6 Å². The molecule has 0 aliphatic heterocycles. The minimum Gasteiger partial charge on any atom is -0.381 e. The molecule has 0 saturated carbocycles. The molecular weight excluding hydrogens is 259 g/mol. The van der Waals surface area contributed by atoms with Crippen LogP contribution in [-0.2, 0) is 4.84 Å². The summed E-state index contributed by atoms with van der Waals surface area (Å²) in [6.07, 6.45) is 1.13. The molecule has 9 heteroatoms. The maximum Gasteiger partial charge on any atom is 0.447 e. The lowest BCUT2D eigenvalue weighted by Gasteiger charge is -2.05. The third kappa shape index (κ3) is 3.77. The van der Waals surface area contributed by atoms with Crippen LogP contribution in [0.25, 0.3) is 0 Å². The van der Waals surface area contributed by atoms with E-state index in [4.69, 9.17) is 0 Å². The standard InChI is InChI=1S/C8H9F3N3O2S/c1-12-5-4-13-7(17-8(9,10)11)3-6(5)14(15)16-2/h3-4,12H,1-2H3/q+1. The van der Waals surface area contributed by atoms with Gasteiger partial charge in [-0.2, -0.15) is 13.2 Å². The highest BCUT2D eigenvalue weighted by Crippen LogP contribution is 2.38. The van der Waals surface area contributed by atoms with Crippen molar-refractivity contribution in [3.8, 4) is 0 Å². The van der Waals surface area contributed by atoms with Crippen LogP contribution in [0.3, 0.4) is 0 Å². The van der Waals surface area contributed by atoms with E-state index < -0.39 is 17.3 Å². The predicted octanol–water partition coefficient (Wildman–Crippen LogP) is 2.71. The molecule has 1 aromatic rings. The number of anilines is 1. The lowest BCUT2D eigenvalue weighted by atomic mass is 10.3. The van der Waals surface area contributed by atoms with Crippen molar-refractivity contribution >= 4 is 23.1 Å². The first-order chi connectivity index (χ1) is 7.87. The molecule has 0 bridgehead atoms. The monoisotopic (exact) mass is 268 g/mol. The second-order valence-electron chi connectivity index (χ2n) is 2.78. The number of rotatable bonds is 4. The van der Waals surface area contributed by atoms with Gasteiger partial charge in [0, 0.05) is 18.8 Å². The Labute approximate surface area is 98.9 Å². The van der Waals surface area contributed by atoms with Crippen molar-refractivity contribution in [1.82, 2.24) is 4.98 Å². The maximum atomic E-state index is 12.1. The topological polar surface area (TPSA) is 54.2 Å². The van der Waals surface area contributed by atoms with E-state index in [1.54, 1.807) is 0 Å². The fraction of sp³-hybridized carbons (Fsp3) is 0.375. The highest BCUT2D eigenvalue weighted by atomic mass is 32.2. The minimum absolute atomic E-state index is 0.0725. The second kappa shape index (κ2) is 5.21. The number of nitrogens with one attached hydrogen (secondary N) is 1. The van der Waals surface area contributed by atoms with E-state index >= 15 is 0 Å². The van der Waals surface area contributed by atoms with Crippen LogP contribution < -0.4 is 5.32 Å². The van der Waals surface area contributed by atoms with Crippen LogP contribution in [0.1, 0.15) is 0 Å². The largest absolute Gasteiger partial charge is 0.447 e. The van der Waals surface area contributed by atoms with Crippen molar-refractivity contribution in [1.29, 1.82) is 0 Å². The summed E-state index contributed by atoms with van der Waals surface area (Å²) in [5.41, 5.74) is -4.25.